The van der Waals surface area contributed by atoms with Gasteiger partial charge in [0.15, 0.2) is 0 Å². The van der Waals surface area contributed by atoms with Crippen molar-refractivity contribution in [3.05, 3.63) is 0 Å². The molecule has 0 rings (SSSR count). The Balaban J connectivity index is 0. The zero-order chi connectivity index (χ0) is 8.20. The summed E-state index contributed by atoms with van der Waals surface area (Å²) < 4.78 is 0. The first-order valence-electron chi connectivity index (χ1n) is 3.85. The van der Waals surface area contributed by atoms with Crippen LogP contribution in [0, 0.1) is 0 Å². The van der Waals surface area contributed by atoms with E-state index in [1.54, 1.807) is 0 Å². The average molecular weight is 163 g/mol. The Hall–Kier alpha value is -0.120. The van der Waals surface area contributed by atoms with Crippen molar-refractivity contribution in [3.63, 3.8) is 0 Å². The van der Waals surface area contributed by atoms with Crippen molar-refractivity contribution < 1.29 is 10.6 Å². The molecule has 0 amide bonds. The highest BCUT2D eigenvalue weighted by Gasteiger charge is 2.07. The van der Waals surface area contributed by atoms with E-state index in [1.807, 2.05) is 6.92 Å². The molecule has 0 spiro atoms. The Morgan fingerprint density at radius 3 is 2.09 bits per heavy atom. The molecule has 0 saturated heterocycles. The van der Waals surface area contributed by atoms with Gasteiger partial charge < -0.3 is 15.9 Å². The van der Waals surface area contributed by atoms with Gasteiger partial charge in [0.25, 0.3) is 0 Å². The van der Waals surface area contributed by atoms with Gasteiger partial charge in [0, 0.05) is 5.54 Å². The van der Waals surface area contributed by atoms with E-state index < -0.39 is 0 Å². The van der Waals surface area contributed by atoms with E-state index in [0.29, 0.717) is 0 Å². The van der Waals surface area contributed by atoms with Crippen LogP contribution in [0.15, 0.2) is 0 Å². The third-order valence-electron chi connectivity index (χ3n) is 1.22. The molecule has 0 aromatic carbocycles. The third kappa shape index (κ3) is 13.0. The van der Waals surface area contributed by atoms with Gasteiger partial charge in [0.2, 0.25) is 0 Å². The Morgan fingerprint density at radius 2 is 1.82 bits per heavy atom. The molecule has 1 unspecified atom stereocenters. The summed E-state index contributed by atoms with van der Waals surface area (Å²) in [5.74, 6) is 0. The highest BCUT2D eigenvalue weighted by molar-refractivity contribution is 4.70. The summed E-state index contributed by atoms with van der Waals surface area (Å²) in [4.78, 5) is 0. The maximum atomic E-state index is 8.91. The van der Waals surface area contributed by atoms with Crippen LogP contribution in [0.3, 0.4) is 0 Å². The fraction of sp³-hybridized carbons (Fsp3) is 1.00. The summed E-state index contributed by atoms with van der Waals surface area (Å²) in [5, 5.41) is 12.2. The predicted octanol–water partition coefficient (Wildman–Crippen LogP) is 0.321. The van der Waals surface area contributed by atoms with Gasteiger partial charge in [0.1, 0.15) is 0 Å². The molecule has 3 nitrogen and oxygen atoms in total. The third-order valence-corrected chi connectivity index (χ3v) is 1.22. The molecule has 0 fully saturated rings. The maximum Gasteiger partial charge on any atom is 0.0524 e. The van der Waals surface area contributed by atoms with Crippen molar-refractivity contribution in [2.45, 2.75) is 45.8 Å². The molecule has 0 saturated carbocycles. The standard InChI is InChI=1S/C8H19NO.H2O/c1-7(10)5-6-9-8(2,3)4;/h7,9-10H,5-6H2,1-4H3;1H2. The zero-order valence-electron chi connectivity index (χ0n) is 7.94. The lowest BCUT2D eigenvalue weighted by atomic mass is 10.1. The highest BCUT2D eigenvalue weighted by Crippen LogP contribution is 1.98. The number of aliphatic hydroxyl groups excluding tert-OH is 1. The predicted molar refractivity (Wildman–Crippen MR) is 47.7 cm³/mol. The van der Waals surface area contributed by atoms with Crippen molar-refractivity contribution in [3.8, 4) is 0 Å². The summed E-state index contributed by atoms with van der Waals surface area (Å²) in [6.07, 6.45) is 0.645. The summed E-state index contributed by atoms with van der Waals surface area (Å²) in [6.45, 7) is 9.06. The second-order valence-electron chi connectivity index (χ2n) is 3.81. The first-order chi connectivity index (χ1) is 4.42. The quantitative estimate of drug-likeness (QED) is 0.629. The fourth-order valence-electron chi connectivity index (χ4n) is 0.656. The lowest BCUT2D eigenvalue weighted by Gasteiger charge is -2.20. The number of aliphatic hydroxyl groups is 1. The van der Waals surface area contributed by atoms with Gasteiger partial charge in [-0.05, 0) is 40.7 Å². The lowest BCUT2D eigenvalue weighted by molar-refractivity contribution is 0.180. The average Bonchev–Trinajstić information content (AvgIpc) is 1.59. The Kier molecular flexibility index (Phi) is 6.76. The van der Waals surface area contributed by atoms with Crippen LogP contribution in [-0.2, 0) is 0 Å². The van der Waals surface area contributed by atoms with E-state index in [1.165, 1.54) is 0 Å². The maximum absolute atomic E-state index is 8.91. The highest BCUT2D eigenvalue weighted by atomic mass is 16.3. The van der Waals surface area contributed by atoms with Crippen LogP contribution in [0.4, 0.5) is 0 Å². The molecule has 0 aliphatic heterocycles. The molecule has 0 aromatic heterocycles. The Labute approximate surface area is 69.1 Å². The van der Waals surface area contributed by atoms with E-state index in [4.69, 9.17) is 5.11 Å². The van der Waals surface area contributed by atoms with Gasteiger partial charge in [-0.1, -0.05) is 0 Å². The van der Waals surface area contributed by atoms with Gasteiger partial charge in [-0.2, -0.15) is 0 Å². The Bertz CT molecular complexity index is 86.6. The minimum Gasteiger partial charge on any atom is -0.412 e. The van der Waals surface area contributed by atoms with E-state index in [0.717, 1.165) is 13.0 Å². The molecule has 1 atom stereocenters. The molecular formula is C8H21NO2. The van der Waals surface area contributed by atoms with Crippen LogP contribution in [0.2, 0.25) is 0 Å². The van der Waals surface area contributed by atoms with Crippen LogP contribution in [0.5, 0.6) is 0 Å². The molecule has 0 aliphatic carbocycles. The van der Waals surface area contributed by atoms with Gasteiger partial charge in [-0.3, -0.25) is 0 Å². The van der Waals surface area contributed by atoms with E-state index in [-0.39, 0.29) is 17.1 Å². The van der Waals surface area contributed by atoms with Gasteiger partial charge in [0.05, 0.1) is 6.10 Å². The number of hydrogen-bond donors (Lipinski definition) is 2. The molecule has 0 bridgehead atoms. The largest absolute Gasteiger partial charge is 0.412 e. The van der Waals surface area contributed by atoms with Crippen molar-refractivity contribution in [1.82, 2.24) is 5.32 Å². The fourth-order valence-corrected chi connectivity index (χ4v) is 0.656. The smallest absolute Gasteiger partial charge is 0.0524 e. The summed E-state index contributed by atoms with van der Waals surface area (Å²) >= 11 is 0. The van der Waals surface area contributed by atoms with Crippen LogP contribution < -0.4 is 5.32 Å². The summed E-state index contributed by atoms with van der Waals surface area (Å²) in [6, 6.07) is 0. The monoisotopic (exact) mass is 163 g/mol. The van der Waals surface area contributed by atoms with Crippen LogP contribution >= 0.6 is 0 Å². The van der Waals surface area contributed by atoms with Crippen LogP contribution in [-0.4, -0.2) is 28.8 Å². The first kappa shape index (κ1) is 13.5. The summed E-state index contributed by atoms with van der Waals surface area (Å²) in [7, 11) is 0. The lowest BCUT2D eigenvalue weighted by Crippen LogP contribution is -2.37. The minimum atomic E-state index is -0.185. The van der Waals surface area contributed by atoms with Crippen molar-refractivity contribution in [1.29, 1.82) is 0 Å². The molecule has 0 heterocycles. The second kappa shape index (κ2) is 5.52. The topological polar surface area (TPSA) is 63.8 Å². The van der Waals surface area contributed by atoms with Crippen molar-refractivity contribution >= 4 is 0 Å². The molecule has 0 aliphatic rings. The molecule has 3 heteroatoms. The number of hydrogen-bond acceptors (Lipinski definition) is 2. The van der Waals surface area contributed by atoms with Gasteiger partial charge in [-0.25, -0.2) is 0 Å². The van der Waals surface area contributed by atoms with Crippen LogP contribution in [0.1, 0.15) is 34.1 Å². The first-order valence-corrected chi connectivity index (χ1v) is 3.85. The zero-order valence-corrected chi connectivity index (χ0v) is 7.94. The molecule has 11 heavy (non-hydrogen) atoms. The minimum absolute atomic E-state index is 0. The second-order valence-corrected chi connectivity index (χ2v) is 3.81. The van der Waals surface area contributed by atoms with Gasteiger partial charge in [-0.15, -0.1) is 0 Å². The number of rotatable bonds is 3. The van der Waals surface area contributed by atoms with Crippen LogP contribution in [0.25, 0.3) is 0 Å². The molecule has 0 aromatic rings. The van der Waals surface area contributed by atoms with Gasteiger partial charge >= 0.3 is 0 Å². The van der Waals surface area contributed by atoms with E-state index in [2.05, 4.69) is 26.1 Å². The normalized spacial score (nSPS) is 13.9. The van der Waals surface area contributed by atoms with Crippen molar-refractivity contribution in [2.75, 3.05) is 6.54 Å². The summed E-state index contributed by atoms with van der Waals surface area (Å²) in [5.41, 5.74) is 0.175. The van der Waals surface area contributed by atoms with E-state index in [9.17, 15) is 0 Å². The number of nitrogens with one attached hydrogen (secondary N) is 1. The SMILES string of the molecule is CC(O)CCNC(C)(C)C.O. The van der Waals surface area contributed by atoms with E-state index >= 15 is 0 Å². The van der Waals surface area contributed by atoms with Crippen molar-refractivity contribution in [2.24, 2.45) is 0 Å². The molecule has 4 N–H and O–H groups in total. The Morgan fingerprint density at radius 1 is 1.36 bits per heavy atom. The molecule has 70 valence electrons. The molecule has 0 radical (unpaired) electrons. The molecular weight excluding hydrogens is 142 g/mol.